The molecule has 0 saturated carbocycles. The Hall–Kier alpha value is -1.04. The van der Waals surface area contributed by atoms with E-state index < -0.39 is 0 Å². The molecule has 1 unspecified atom stereocenters. The molecule has 15 heavy (non-hydrogen) atoms. The molecule has 3 heteroatoms. The highest BCUT2D eigenvalue weighted by molar-refractivity contribution is 5.77. The number of carbonyl (C=O) groups is 1. The van der Waals surface area contributed by atoms with E-state index in [9.17, 15) is 4.79 Å². The number of nitrogens with zero attached hydrogens (tertiary/aromatic N) is 2. The van der Waals surface area contributed by atoms with Crippen LogP contribution in [0, 0.1) is 17.2 Å². The smallest absolute Gasteiger partial charge is 0.223 e. The number of amides is 1. The van der Waals surface area contributed by atoms with Gasteiger partial charge in [-0.1, -0.05) is 13.8 Å². The third-order valence-electron chi connectivity index (χ3n) is 2.91. The topological polar surface area (TPSA) is 44.1 Å². The molecular formula is C12H20N2O. The number of piperidine rings is 1. The van der Waals surface area contributed by atoms with Crippen molar-refractivity contribution in [3.63, 3.8) is 0 Å². The van der Waals surface area contributed by atoms with Crippen molar-refractivity contribution >= 4 is 5.91 Å². The Balaban J connectivity index is 2.46. The zero-order valence-electron chi connectivity index (χ0n) is 9.70. The van der Waals surface area contributed by atoms with Crippen molar-refractivity contribution in [2.45, 2.75) is 52.0 Å². The molecule has 1 heterocycles. The van der Waals surface area contributed by atoms with Gasteiger partial charge in [-0.25, -0.2) is 0 Å². The Morgan fingerprint density at radius 2 is 2.27 bits per heavy atom. The standard InChI is InChI=1S/C12H20N2O/c1-10(2)6-7-12(15)14-8-4-3-5-11(14)9-13/h10-11H,3-8H2,1-2H3. The number of carbonyl (C=O) groups excluding carboxylic acids is 1. The van der Waals surface area contributed by atoms with Gasteiger partial charge in [0, 0.05) is 13.0 Å². The molecular weight excluding hydrogens is 188 g/mol. The van der Waals surface area contributed by atoms with Crippen LogP contribution in [0.2, 0.25) is 0 Å². The van der Waals surface area contributed by atoms with Gasteiger partial charge in [0.2, 0.25) is 5.91 Å². The van der Waals surface area contributed by atoms with Gasteiger partial charge in [-0.15, -0.1) is 0 Å². The maximum absolute atomic E-state index is 11.8. The minimum absolute atomic E-state index is 0.162. The van der Waals surface area contributed by atoms with Crippen LogP contribution in [0.3, 0.4) is 0 Å². The minimum Gasteiger partial charge on any atom is -0.327 e. The van der Waals surface area contributed by atoms with Gasteiger partial charge in [0.1, 0.15) is 6.04 Å². The highest BCUT2D eigenvalue weighted by Crippen LogP contribution is 2.18. The third-order valence-corrected chi connectivity index (χ3v) is 2.91. The van der Waals surface area contributed by atoms with E-state index in [0.29, 0.717) is 12.3 Å². The summed E-state index contributed by atoms with van der Waals surface area (Å²) >= 11 is 0. The van der Waals surface area contributed by atoms with E-state index in [2.05, 4.69) is 19.9 Å². The zero-order chi connectivity index (χ0) is 11.3. The van der Waals surface area contributed by atoms with Crippen LogP contribution in [-0.2, 0) is 4.79 Å². The first-order valence-corrected chi connectivity index (χ1v) is 5.84. The molecule has 1 aliphatic heterocycles. The highest BCUT2D eigenvalue weighted by Gasteiger charge is 2.25. The van der Waals surface area contributed by atoms with Gasteiger partial charge in [-0.05, 0) is 31.6 Å². The Labute approximate surface area is 92.1 Å². The van der Waals surface area contributed by atoms with Crippen molar-refractivity contribution < 1.29 is 4.79 Å². The van der Waals surface area contributed by atoms with Crippen LogP contribution in [-0.4, -0.2) is 23.4 Å². The summed E-state index contributed by atoms with van der Waals surface area (Å²) in [4.78, 5) is 13.6. The lowest BCUT2D eigenvalue weighted by molar-refractivity contribution is -0.133. The molecule has 0 bridgehead atoms. The molecule has 0 aromatic rings. The second-order valence-corrected chi connectivity index (χ2v) is 4.66. The summed E-state index contributed by atoms with van der Waals surface area (Å²) in [6, 6.07) is 2.06. The van der Waals surface area contributed by atoms with E-state index in [1.165, 1.54) is 0 Å². The number of likely N-dealkylation sites (tertiary alicyclic amines) is 1. The first-order chi connectivity index (χ1) is 7.15. The fourth-order valence-corrected chi connectivity index (χ4v) is 1.92. The predicted molar refractivity (Wildman–Crippen MR) is 59.0 cm³/mol. The van der Waals surface area contributed by atoms with Crippen molar-refractivity contribution in [3.8, 4) is 6.07 Å². The van der Waals surface area contributed by atoms with Crippen LogP contribution in [0.25, 0.3) is 0 Å². The Kier molecular flexibility index (Phi) is 4.61. The van der Waals surface area contributed by atoms with Gasteiger partial charge in [0.25, 0.3) is 0 Å². The van der Waals surface area contributed by atoms with Crippen molar-refractivity contribution in [1.82, 2.24) is 4.90 Å². The molecule has 0 aliphatic carbocycles. The van der Waals surface area contributed by atoms with Crippen molar-refractivity contribution in [1.29, 1.82) is 5.26 Å². The molecule has 1 amide bonds. The molecule has 0 radical (unpaired) electrons. The summed E-state index contributed by atoms with van der Waals surface area (Å²) in [5.74, 6) is 0.717. The molecule has 0 spiro atoms. The quantitative estimate of drug-likeness (QED) is 0.714. The number of rotatable bonds is 3. The summed E-state index contributed by atoms with van der Waals surface area (Å²) in [6.07, 6.45) is 4.49. The number of hydrogen-bond donors (Lipinski definition) is 0. The van der Waals surface area contributed by atoms with Crippen LogP contribution in [0.4, 0.5) is 0 Å². The van der Waals surface area contributed by atoms with E-state index in [4.69, 9.17) is 5.26 Å². The van der Waals surface area contributed by atoms with Crippen LogP contribution < -0.4 is 0 Å². The highest BCUT2D eigenvalue weighted by atomic mass is 16.2. The molecule has 84 valence electrons. The maximum Gasteiger partial charge on any atom is 0.223 e. The second kappa shape index (κ2) is 5.75. The largest absolute Gasteiger partial charge is 0.327 e. The summed E-state index contributed by atoms with van der Waals surface area (Å²) in [5, 5.41) is 8.94. The lowest BCUT2D eigenvalue weighted by atomic mass is 10.0. The van der Waals surface area contributed by atoms with Gasteiger partial charge in [0.15, 0.2) is 0 Å². The molecule has 0 N–H and O–H groups in total. The van der Waals surface area contributed by atoms with E-state index >= 15 is 0 Å². The molecule has 0 aromatic heterocycles. The lowest BCUT2D eigenvalue weighted by Gasteiger charge is -2.31. The van der Waals surface area contributed by atoms with Crippen LogP contribution in [0.15, 0.2) is 0 Å². The SMILES string of the molecule is CC(C)CCC(=O)N1CCCCC1C#N. The van der Waals surface area contributed by atoms with Crippen molar-refractivity contribution in [3.05, 3.63) is 0 Å². The zero-order valence-corrected chi connectivity index (χ0v) is 9.70. The molecule has 3 nitrogen and oxygen atoms in total. The number of hydrogen-bond acceptors (Lipinski definition) is 2. The second-order valence-electron chi connectivity index (χ2n) is 4.66. The Bertz CT molecular complexity index is 255. The fourth-order valence-electron chi connectivity index (χ4n) is 1.92. The minimum atomic E-state index is -0.168. The molecule has 1 fully saturated rings. The van der Waals surface area contributed by atoms with Crippen molar-refractivity contribution in [2.75, 3.05) is 6.54 Å². The first-order valence-electron chi connectivity index (χ1n) is 5.84. The van der Waals surface area contributed by atoms with Gasteiger partial charge >= 0.3 is 0 Å². The summed E-state index contributed by atoms with van der Waals surface area (Å²) in [6.45, 7) is 5.01. The average Bonchev–Trinajstić information content (AvgIpc) is 2.25. The van der Waals surface area contributed by atoms with Gasteiger partial charge in [0.05, 0.1) is 6.07 Å². The summed E-state index contributed by atoms with van der Waals surface area (Å²) in [7, 11) is 0. The summed E-state index contributed by atoms with van der Waals surface area (Å²) < 4.78 is 0. The maximum atomic E-state index is 11.8. The van der Waals surface area contributed by atoms with Gasteiger partial charge in [-0.2, -0.15) is 5.26 Å². The predicted octanol–water partition coefficient (Wildman–Crippen LogP) is 2.33. The fraction of sp³-hybridized carbons (Fsp3) is 0.833. The third kappa shape index (κ3) is 3.54. The molecule has 1 rings (SSSR count). The molecule has 1 aliphatic rings. The average molecular weight is 208 g/mol. The summed E-state index contributed by atoms with van der Waals surface area (Å²) in [5.41, 5.74) is 0. The Morgan fingerprint density at radius 1 is 1.53 bits per heavy atom. The molecule has 0 aromatic carbocycles. The number of nitriles is 1. The normalized spacial score (nSPS) is 21.5. The van der Waals surface area contributed by atoms with Crippen LogP contribution in [0.5, 0.6) is 0 Å². The van der Waals surface area contributed by atoms with Crippen LogP contribution >= 0.6 is 0 Å². The van der Waals surface area contributed by atoms with Crippen LogP contribution in [0.1, 0.15) is 46.0 Å². The van der Waals surface area contributed by atoms with E-state index in [1.807, 2.05) is 0 Å². The van der Waals surface area contributed by atoms with E-state index in [0.717, 1.165) is 32.2 Å². The Morgan fingerprint density at radius 3 is 2.87 bits per heavy atom. The van der Waals surface area contributed by atoms with Gasteiger partial charge < -0.3 is 4.90 Å². The van der Waals surface area contributed by atoms with E-state index in [-0.39, 0.29) is 11.9 Å². The lowest BCUT2D eigenvalue weighted by Crippen LogP contribution is -2.42. The molecule has 1 atom stereocenters. The molecule has 1 saturated heterocycles. The first kappa shape index (κ1) is 12.0. The monoisotopic (exact) mass is 208 g/mol. The van der Waals surface area contributed by atoms with Crippen molar-refractivity contribution in [2.24, 2.45) is 5.92 Å². The van der Waals surface area contributed by atoms with Gasteiger partial charge in [-0.3, -0.25) is 4.79 Å². The van der Waals surface area contributed by atoms with E-state index in [1.54, 1.807) is 4.90 Å².